The van der Waals surface area contributed by atoms with Crippen LogP contribution in [0.4, 0.5) is 9.93 Å². The molecule has 0 radical (unpaired) electrons. The van der Waals surface area contributed by atoms with E-state index in [0.717, 1.165) is 16.9 Å². The minimum Gasteiger partial charge on any atom is -0.504 e. The van der Waals surface area contributed by atoms with Gasteiger partial charge in [0.05, 0.1) is 0 Å². The zero-order chi connectivity index (χ0) is 33.1. The van der Waals surface area contributed by atoms with E-state index in [2.05, 4.69) is 25.7 Å². The van der Waals surface area contributed by atoms with Crippen LogP contribution in [0.3, 0.4) is 0 Å². The molecular weight excluding hydrogens is 691 g/mol. The number of ether oxygens (including phenoxy) is 1. The van der Waals surface area contributed by atoms with Crippen molar-refractivity contribution in [2.75, 3.05) is 17.2 Å². The number of oxime groups is 1. The Morgan fingerprint density at radius 3 is 2.68 bits per heavy atom. The number of carbonyl (C=O) groups is 3. The number of phenols is 2. The number of carboxylic acid groups (broad SMARTS) is 1. The third kappa shape index (κ3) is 7.12. The van der Waals surface area contributed by atoms with Crippen molar-refractivity contribution in [1.82, 2.24) is 25.4 Å². The summed E-state index contributed by atoms with van der Waals surface area (Å²) in [5.41, 5.74) is 7.70. The van der Waals surface area contributed by atoms with Gasteiger partial charge >= 0.3 is 6.16 Å². The molecular formula is C28H23N7O8S4. The van der Waals surface area contributed by atoms with Crippen molar-refractivity contribution in [3.05, 3.63) is 76.6 Å². The average Bonchev–Trinajstić information content (AvgIpc) is 3.71. The number of β-lactam (4-membered cyclic amide) rings is 1. The second-order valence-electron chi connectivity index (χ2n) is 9.77. The first-order valence-corrected chi connectivity index (χ1v) is 17.2. The lowest BCUT2D eigenvalue weighted by atomic mass is 10.1. The number of phenolic OH excluding ortho intramolecular Hbond substituents is 2. The molecule has 2 aliphatic rings. The summed E-state index contributed by atoms with van der Waals surface area (Å²) in [5.74, 6) is -1.42. The Bertz CT molecular complexity index is 1900. The van der Waals surface area contributed by atoms with Crippen molar-refractivity contribution >= 4 is 75.0 Å². The lowest BCUT2D eigenvalue weighted by molar-refractivity contribution is -0.148. The Morgan fingerprint density at radius 2 is 1.96 bits per heavy atom. The fourth-order valence-corrected chi connectivity index (χ4v) is 8.30. The van der Waals surface area contributed by atoms with Crippen molar-refractivity contribution in [3.63, 3.8) is 0 Å². The molecule has 6 rings (SSSR count). The molecule has 0 unspecified atom stereocenters. The highest BCUT2D eigenvalue weighted by atomic mass is 32.2. The highest BCUT2D eigenvalue weighted by molar-refractivity contribution is 8.01. The van der Waals surface area contributed by atoms with E-state index in [-0.39, 0.29) is 46.3 Å². The number of nitrogen functional groups attached to an aromatic ring is 1. The predicted molar refractivity (Wildman–Crippen MR) is 175 cm³/mol. The van der Waals surface area contributed by atoms with Crippen molar-refractivity contribution in [2.45, 2.75) is 22.4 Å². The topological polar surface area (TPSA) is 223 Å². The van der Waals surface area contributed by atoms with Crippen molar-refractivity contribution in [3.8, 4) is 22.1 Å². The molecule has 2 aromatic carbocycles. The van der Waals surface area contributed by atoms with E-state index in [1.165, 1.54) is 51.9 Å². The van der Waals surface area contributed by atoms with Gasteiger partial charge in [0.2, 0.25) is 5.88 Å². The zero-order valence-electron chi connectivity index (χ0n) is 23.8. The van der Waals surface area contributed by atoms with E-state index in [4.69, 9.17) is 15.3 Å². The highest BCUT2D eigenvalue weighted by Crippen LogP contribution is 2.42. The smallest absolute Gasteiger partial charge is 0.504 e. The first-order chi connectivity index (χ1) is 22.7. The number of anilines is 1. The maximum absolute atomic E-state index is 13.4. The first kappa shape index (κ1) is 32.1. The Balaban J connectivity index is 1.14. The van der Waals surface area contributed by atoms with Crippen LogP contribution < -0.4 is 11.1 Å². The summed E-state index contributed by atoms with van der Waals surface area (Å²) in [6, 6.07) is 12.5. The number of carbonyl (C=O) groups excluding carboxylic acids is 2. The molecule has 4 heterocycles. The van der Waals surface area contributed by atoms with Gasteiger partial charge < -0.3 is 35.9 Å². The number of fused-ring (bicyclic) bond motifs is 1. The number of aromatic hydroxyl groups is 2. The van der Waals surface area contributed by atoms with Crippen LogP contribution in [0, 0.1) is 0 Å². The second kappa shape index (κ2) is 13.9. The molecule has 4 aromatic rings. The Morgan fingerprint density at radius 1 is 1.15 bits per heavy atom. The van der Waals surface area contributed by atoms with Gasteiger partial charge in [-0.2, -0.15) is 0 Å². The number of nitrogens with zero attached hydrogens (tertiary/aromatic N) is 5. The van der Waals surface area contributed by atoms with Gasteiger partial charge in [0, 0.05) is 28.0 Å². The molecule has 2 aliphatic heterocycles. The molecule has 1 saturated heterocycles. The number of aromatic nitrogens is 3. The number of hydrogen-bond donors (Lipinski definition) is 5. The molecule has 0 saturated carbocycles. The fourth-order valence-electron chi connectivity index (χ4n) is 4.46. The summed E-state index contributed by atoms with van der Waals surface area (Å²) in [6.45, 7) is 0.0894. The van der Waals surface area contributed by atoms with Crippen LogP contribution >= 0.6 is 46.2 Å². The average molecular weight is 714 g/mol. The lowest BCUT2D eigenvalue weighted by Gasteiger charge is -2.49. The van der Waals surface area contributed by atoms with Crippen LogP contribution in [0.25, 0.3) is 10.6 Å². The van der Waals surface area contributed by atoms with Crippen molar-refractivity contribution in [2.24, 2.45) is 5.16 Å². The van der Waals surface area contributed by atoms with Gasteiger partial charge in [0.25, 0.3) is 11.8 Å². The van der Waals surface area contributed by atoms with E-state index in [0.29, 0.717) is 26.2 Å². The van der Waals surface area contributed by atoms with E-state index in [1.54, 1.807) is 11.4 Å². The van der Waals surface area contributed by atoms with Gasteiger partial charge in [0.15, 0.2) is 26.7 Å². The third-order valence-corrected chi connectivity index (χ3v) is 10.9. The molecule has 1 fully saturated rings. The molecule has 0 bridgehead atoms. The minimum atomic E-state index is -1.59. The number of nitrogens with one attached hydrogen (secondary N) is 1. The number of amides is 2. The maximum atomic E-state index is 13.4. The highest BCUT2D eigenvalue weighted by Gasteiger charge is 2.54. The van der Waals surface area contributed by atoms with Gasteiger partial charge in [-0.3, -0.25) is 14.5 Å². The quantitative estimate of drug-likeness (QED) is 0.0374. The summed E-state index contributed by atoms with van der Waals surface area (Å²) >= 11 is 4.94. The van der Waals surface area contributed by atoms with Crippen LogP contribution in [0.15, 0.2) is 74.9 Å². The molecule has 19 heteroatoms. The van der Waals surface area contributed by atoms with Gasteiger partial charge in [-0.15, -0.1) is 33.3 Å². The third-order valence-electron chi connectivity index (χ3n) is 6.67. The minimum absolute atomic E-state index is 0.0894. The maximum Gasteiger partial charge on any atom is 0.512 e. The number of thiazole rings is 1. The number of nitrogens with two attached hydrogens (primary N) is 1. The molecule has 2 aromatic heterocycles. The SMILES string of the molecule is Nc1nc(C(=NOCc2ccccc2)C(=O)N[C@@H]2C(=O)N3C(OC(=O)O)=C(CSc4nnc(-c5ccc(O)c(O)c5)s4)CS[C@@H]23)cs1. The molecule has 15 nitrogen and oxygen atoms in total. The van der Waals surface area contributed by atoms with Crippen LogP contribution in [-0.4, -0.2) is 82.0 Å². The van der Waals surface area contributed by atoms with Gasteiger partial charge in [-0.25, -0.2) is 9.78 Å². The molecule has 242 valence electrons. The Labute approximate surface area is 282 Å². The van der Waals surface area contributed by atoms with E-state index < -0.39 is 29.4 Å². The second-order valence-corrected chi connectivity index (χ2v) is 14.0. The lowest BCUT2D eigenvalue weighted by Crippen LogP contribution is -2.70. The molecule has 0 spiro atoms. The van der Waals surface area contributed by atoms with Crippen molar-refractivity contribution < 1.29 is 39.3 Å². The summed E-state index contributed by atoms with van der Waals surface area (Å²) in [7, 11) is 0. The molecule has 2 atom stereocenters. The van der Waals surface area contributed by atoms with Crippen LogP contribution in [0.1, 0.15) is 11.3 Å². The summed E-state index contributed by atoms with van der Waals surface area (Å²) in [6.07, 6.45) is -1.59. The number of benzene rings is 2. The van der Waals surface area contributed by atoms with Gasteiger partial charge in [-0.1, -0.05) is 58.6 Å². The van der Waals surface area contributed by atoms with Crippen LogP contribution in [0.2, 0.25) is 0 Å². The molecule has 47 heavy (non-hydrogen) atoms. The standard InChI is InChI=1S/C28H23N7O8S4/c29-26-30-16(12-45-26)19(34-42-9-13-4-2-1-3-5-13)21(38)31-20-23(39)35-24(43-28(40)41)15(10-44-25(20)35)11-46-27-33-32-22(47-27)14-6-7-17(36)18(37)8-14/h1-8,12,20,25,36-37H,9-11H2,(H2,29,30)(H,31,38)(H,40,41)/t20-,25+/m1/s1. The number of hydrogen-bond acceptors (Lipinski definition) is 16. The van der Waals surface area contributed by atoms with E-state index in [1.807, 2.05) is 30.3 Å². The molecule has 6 N–H and O–H groups in total. The van der Waals surface area contributed by atoms with E-state index >= 15 is 0 Å². The first-order valence-electron chi connectivity index (χ1n) is 13.5. The Kier molecular flexibility index (Phi) is 9.48. The summed E-state index contributed by atoms with van der Waals surface area (Å²) < 4.78 is 5.62. The number of thioether (sulfide) groups is 2. The fraction of sp³-hybridized carbons (Fsp3) is 0.179. The monoisotopic (exact) mass is 713 g/mol. The number of rotatable bonds is 11. The largest absolute Gasteiger partial charge is 0.512 e. The zero-order valence-corrected chi connectivity index (χ0v) is 27.1. The van der Waals surface area contributed by atoms with Gasteiger partial charge in [0.1, 0.15) is 28.7 Å². The molecule has 2 amide bonds. The summed E-state index contributed by atoms with van der Waals surface area (Å²) in [4.78, 5) is 49.1. The Hall–Kier alpha value is -4.85. The van der Waals surface area contributed by atoms with E-state index in [9.17, 15) is 29.7 Å². The van der Waals surface area contributed by atoms with Gasteiger partial charge in [-0.05, 0) is 23.8 Å². The van der Waals surface area contributed by atoms with Crippen LogP contribution in [-0.2, 0) is 25.8 Å². The molecule has 0 aliphatic carbocycles. The van der Waals surface area contributed by atoms with Crippen LogP contribution in [0.5, 0.6) is 11.5 Å². The predicted octanol–water partition coefficient (Wildman–Crippen LogP) is 3.67. The normalized spacial score (nSPS) is 17.6. The summed E-state index contributed by atoms with van der Waals surface area (Å²) in [5, 5.41) is 45.4. The van der Waals surface area contributed by atoms with Crippen molar-refractivity contribution in [1.29, 1.82) is 0 Å².